The number of pyridine rings is 1. The highest BCUT2D eigenvalue weighted by atomic mass is 16.2. The summed E-state index contributed by atoms with van der Waals surface area (Å²) < 4.78 is 1.53. The first-order chi connectivity index (χ1) is 13.4. The van der Waals surface area contributed by atoms with Gasteiger partial charge in [-0.1, -0.05) is 24.3 Å². The third kappa shape index (κ3) is 4.14. The molecule has 0 atom stereocenters. The number of rotatable bonds is 5. The highest BCUT2D eigenvalue weighted by Gasteiger charge is 2.14. The maximum atomic E-state index is 12.9. The lowest BCUT2D eigenvalue weighted by Gasteiger charge is -2.13. The molecule has 28 heavy (non-hydrogen) atoms. The van der Waals surface area contributed by atoms with Crippen LogP contribution >= 0.6 is 0 Å². The fraction of sp³-hybridized carbons (Fsp3) is 0.217. The average molecular weight is 375 g/mol. The van der Waals surface area contributed by atoms with Crippen LogP contribution in [0, 0.1) is 13.8 Å². The van der Waals surface area contributed by atoms with Crippen LogP contribution in [0.2, 0.25) is 0 Å². The minimum Gasteiger partial charge on any atom is -0.378 e. The Bertz CT molecular complexity index is 1050. The van der Waals surface area contributed by atoms with E-state index < -0.39 is 0 Å². The molecule has 0 fully saturated rings. The first-order valence-electron chi connectivity index (χ1n) is 9.20. The number of benzene rings is 2. The predicted molar refractivity (Wildman–Crippen MR) is 113 cm³/mol. The molecule has 1 heterocycles. The van der Waals surface area contributed by atoms with Gasteiger partial charge >= 0.3 is 0 Å². The molecule has 3 aromatic rings. The zero-order chi connectivity index (χ0) is 20.3. The molecule has 3 rings (SSSR count). The second-order valence-electron chi connectivity index (χ2n) is 7.13. The molecule has 0 saturated heterocycles. The molecule has 144 valence electrons. The highest BCUT2D eigenvalue weighted by Crippen LogP contribution is 2.15. The summed E-state index contributed by atoms with van der Waals surface area (Å²) in [7, 11) is 3.96. The standard InChI is InChI=1S/C23H25N3O2/c1-16-7-8-17(2)21(14-16)26-13-5-6-20(23(26)28)22(27)24-15-18-9-11-19(12-10-18)25(3)4/h5-14H,15H2,1-4H3,(H,24,27). The van der Waals surface area contributed by atoms with Gasteiger partial charge in [0, 0.05) is 32.5 Å². The lowest BCUT2D eigenvalue weighted by atomic mass is 10.1. The summed E-state index contributed by atoms with van der Waals surface area (Å²) in [5, 5.41) is 2.84. The summed E-state index contributed by atoms with van der Waals surface area (Å²) in [5.41, 5.74) is 4.71. The van der Waals surface area contributed by atoms with Gasteiger partial charge in [-0.3, -0.25) is 14.2 Å². The lowest BCUT2D eigenvalue weighted by Crippen LogP contribution is -2.32. The number of nitrogens with zero attached hydrogens (tertiary/aromatic N) is 2. The number of anilines is 1. The Morgan fingerprint density at radius 1 is 1.04 bits per heavy atom. The number of hydrogen-bond acceptors (Lipinski definition) is 3. The lowest BCUT2D eigenvalue weighted by molar-refractivity contribution is 0.0949. The normalized spacial score (nSPS) is 10.6. The number of amides is 1. The van der Waals surface area contributed by atoms with Crippen LogP contribution < -0.4 is 15.8 Å². The SMILES string of the molecule is Cc1ccc(C)c(-n2cccc(C(=O)NCc3ccc(N(C)C)cc3)c2=O)c1. The second-order valence-corrected chi connectivity index (χ2v) is 7.13. The van der Waals surface area contributed by atoms with Gasteiger partial charge in [-0.05, 0) is 60.9 Å². The van der Waals surface area contributed by atoms with Crippen LogP contribution in [0.5, 0.6) is 0 Å². The van der Waals surface area contributed by atoms with Gasteiger partial charge < -0.3 is 10.2 Å². The van der Waals surface area contributed by atoms with Gasteiger partial charge in [0.2, 0.25) is 0 Å². The largest absolute Gasteiger partial charge is 0.378 e. The van der Waals surface area contributed by atoms with E-state index in [0.29, 0.717) is 6.54 Å². The van der Waals surface area contributed by atoms with E-state index in [1.54, 1.807) is 18.3 Å². The fourth-order valence-electron chi connectivity index (χ4n) is 3.03. The Kier molecular flexibility index (Phi) is 5.64. The van der Waals surface area contributed by atoms with Crippen molar-refractivity contribution in [3.63, 3.8) is 0 Å². The maximum absolute atomic E-state index is 12.9. The Balaban J connectivity index is 1.81. The molecule has 1 amide bonds. The number of carbonyl (C=O) groups excluding carboxylic acids is 1. The monoisotopic (exact) mass is 375 g/mol. The van der Waals surface area contributed by atoms with Gasteiger partial charge in [0.05, 0.1) is 5.69 Å². The van der Waals surface area contributed by atoms with Gasteiger partial charge in [-0.25, -0.2) is 0 Å². The van der Waals surface area contributed by atoms with E-state index in [1.807, 2.05) is 75.3 Å². The molecular weight excluding hydrogens is 350 g/mol. The van der Waals surface area contributed by atoms with Crippen LogP contribution in [0.25, 0.3) is 5.69 Å². The van der Waals surface area contributed by atoms with E-state index in [4.69, 9.17) is 0 Å². The van der Waals surface area contributed by atoms with Crippen molar-refractivity contribution in [2.75, 3.05) is 19.0 Å². The van der Waals surface area contributed by atoms with Crippen molar-refractivity contribution < 1.29 is 4.79 Å². The van der Waals surface area contributed by atoms with E-state index in [9.17, 15) is 9.59 Å². The van der Waals surface area contributed by atoms with Gasteiger partial charge in [0.25, 0.3) is 11.5 Å². The Hall–Kier alpha value is -3.34. The second kappa shape index (κ2) is 8.13. The molecule has 5 nitrogen and oxygen atoms in total. The summed E-state index contributed by atoms with van der Waals surface area (Å²) in [4.78, 5) is 27.5. The van der Waals surface area contributed by atoms with E-state index in [1.165, 1.54) is 4.57 Å². The highest BCUT2D eigenvalue weighted by molar-refractivity contribution is 5.93. The van der Waals surface area contributed by atoms with Gasteiger partial charge in [-0.2, -0.15) is 0 Å². The quantitative estimate of drug-likeness (QED) is 0.743. The first kappa shape index (κ1) is 19.4. The number of aromatic nitrogens is 1. The molecule has 0 saturated carbocycles. The maximum Gasteiger partial charge on any atom is 0.267 e. The van der Waals surface area contributed by atoms with Crippen molar-refractivity contribution in [3.05, 3.63) is 93.4 Å². The molecule has 1 N–H and O–H groups in total. The molecule has 0 radical (unpaired) electrons. The van der Waals surface area contributed by atoms with Crippen molar-refractivity contribution in [1.82, 2.24) is 9.88 Å². The van der Waals surface area contributed by atoms with E-state index in [-0.39, 0.29) is 17.0 Å². The predicted octanol–water partition coefficient (Wildman–Crippen LogP) is 3.45. The van der Waals surface area contributed by atoms with E-state index >= 15 is 0 Å². The average Bonchev–Trinajstić information content (AvgIpc) is 2.68. The third-order valence-corrected chi connectivity index (χ3v) is 4.72. The minimum atomic E-state index is -0.374. The molecule has 2 aromatic carbocycles. The van der Waals surface area contributed by atoms with Gasteiger partial charge in [-0.15, -0.1) is 0 Å². The first-order valence-corrected chi connectivity index (χ1v) is 9.20. The van der Waals surface area contributed by atoms with Crippen LogP contribution in [0.3, 0.4) is 0 Å². The molecule has 0 aliphatic rings. The Morgan fingerprint density at radius 2 is 1.75 bits per heavy atom. The smallest absolute Gasteiger partial charge is 0.267 e. The van der Waals surface area contributed by atoms with Crippen LogP contribution in [0.4, 0.5) is 5.69 Å². The zero-order valence-electron chi connectivity index (χ0n) is 16.7. The number of aryl methyl sites for hydroxylation is 2. The number of nitrogens with one attached hydrogen (secondary N) is 1. The molecule has 1 aromatic heterocycles. The van der Waals surface area contributed by atoms with Crippen LogP contribution in [0.1, 0.15) is 27.0 Å². The molecule has 0 bridgehead atoms. The molecule has 0 aliphatic heterocycles. The Morgan fingerprint density at radius 3 is 2.43 bits per heavy atom. The topological polar surface area (TPSA) is 54.3 Å². The van der Waals surface area contributed by atoms with Crippen molar-refractivity contribution in [1.29, 1.82) is 0 Å². The summed E-state index contributed by atoms with van der Waals surface area (Å²) in [5.74, 6) is -0.374. The fourth-order valence-corrected chi connectivity index (χ4v) is 3.03. The molecular formula is C23H25N3O2. The molecule has 0 aliphatic carbocycles. The van der Waals surface area contributed by atoms with Gasteiger partial charge in [0.1, 0.15) is 5.56 Å². The molecule has 0 unspecified atom stereocenters. The van der Waals surface area contributed by atoms with Crippen LogP contribution in [-0.2, 0) is 6.54 Å². The number of hydrogen-bond donors (Lipinski definition) is 1. The van der Waals surface area contributed by atoms with Crippen molar-refractivity contribution >= 4 is 11.6 Å². The molecule has 0 spiro atoms. The van der Waals surface area contributed by atoms with Crippen molar-refractivity contribution in [2.24, 2.45) is 0 Å². The van der Waals surface area contributed by atoms with E-state index in [0.717, 1.165) is 28.1 Å². The summed E-state index contributed by atoms with van der Waals surface area (Å²) >= 11 is 0. The van der Waals surface area contributed by atoms with Crippen molar-refractivity contribution in [2.45, 2.75) is 20.4 Å². The molecule has 5 heteroatoms. The summed E-state index contributed by atoms with van der Waals surface area (Å²) in [6, 6.07) is 17.1. The summed E-state index contributed by atoms with van der Waals surface area (Å²) in [6.45, 7) is 4.29. The minimum absolute atomic E-state index is 0.133. The number of carbonyl (C=O) groups is 1. The Labute approximate surface area is 165 Å². The summed E-state index contributed by atoms with van der Waals surface area (Å²) in [6.07, 6.45) is 1.70. The van der Waals surface area contributed by atoms with Crippen LogP contribution in [0.15, 0.2) is 65.6 Å². The van der Waals surface area contributed by atoms with Crippen LogP contribution in [-0.4, -0.2) is 24.6 Å². The third-order valence-electron chi connectivity index (χ3n) is 4.72. The van der Waals surface area contributed by atoms with E-state index in [2.05, 4.69) is 5.32 Å². The van der Waals surface area contributed by atoms with Crippen molar-refractivity contribution in [3.8, 4) is 5.69 Å². The zero-order valence-corrected chi connectivity index (χ0v) is 16.7. The van der Waals surface area contributed by atoms with Gasteiger partial charge in [0.15, 0.2) is 0 Å².